The van der Waals surface area contributed by atoms with Crippen LogP contribution in [0.4, 0.5) is 0 Å². The zero-order valence-electron chi connectivity index (χ0n) is 5.07. The van der Waals surface area contributed by atoms with E-state index in [2.05, 4.69) is 0 Å². The molecule has 0 heterocycles. The topological polar surface area (TPSA) is 94.5 Å². The van der Waals surface area contributed by atoms with Crippen molar-refractivity contribution in [3.05, 3.63) is 0 Å². The Labute approximate surface area is 123 Å². The van der Waals surface area contributed by atoms with Crippen molar-refractivity contribution >= 4 is 24.8 Å². The summed E-state index contributed by atoms with van der Waals surface area (Å²) in [5.74, 6) is 0. The maximum atomic E-state index is 0. The summed E-state index contributed by atoms with van der Waals surface area (Å²) in [6.07, 6.45) is 0. The van der Waals surface area contributed by atoms with Gasteiger partial charge >= 0.3 is 59.1 Å². The molecule has 6 N–H and O–H groups in total. The Morgan fingerprint density at radius 1 is 0.444 bits per heavy atom. The molecule has 0 aliphatic carbocycles. The van der Waals surface area contributed by atoms with Crippen molar-refractivity contribution < 1.29 is 100 Å². The monoisotopic (exact) mass is 242 g/mol. The first-order chi connectivity index (χ1) is 0. The van der Waals surface area contributed by atoms with Gasteiger partial charge in [0.1, 0.15) is 0 Å². The summed E-state index contributed by atoms with van der Waals surface area (Å²) in [6, 6.07) is 0. The standard InChI is InChI=1S/4ClH.2Na.3H2O/h4*1H;;;3*1H2/q;;;;2*+1;;;/p-2. The molecule has 0 atom stereocenters. The van der Waals surface area contributed by atoms with Crippen LogP contribution in [-0.4, -0.2) is 16.4 Å². The van der Waals surface area contributed by atoms with E-state index in [1.165, 1.54) is 0 Å². The molecule has 0 saturated carbocycles. The van der Waals surface area contributed by atoms with E-state index in [0.717, 1.165) is 0 Å². The minimum Gasteiger partial charge on any atom is -1.00 e. The average Bonchev–Trinajstić information content (AvgIpc) is 0. The van der Waals surface area contributed by atoms with Crippen LogP contribution >= 0.6 is 24.8 Å². The van der Waals surface area contributed by atoms with Gasteiger partial charge < -0.3 is 41.2 Å². The Morgan fingerprint density at radius 2 is 0.444 bits per heavy atom. The largest absolute Gasteiger partial charge is 1.00 e. The Bertz CT molecular complexity index is 13.8. The van der Waals surface area contributed by atoms with Crippen LogP contribution in [0.2, 0.25) is 0 Å². The average molecular weight is 244 g/mol. The molecule has 56 valence electrons. The minimum absolute atomic E-state index is 0. The van der Waals surface area contributed by atoms with E-state index in [0.29, 0.717) is 0 Å². The first-order valence-corrected chi connectivity index (χ1v) is 0. The maximum absolute atomic E-state index is 0. The Hall–Kier alpha value is 3.04. The molecule has 0 radical (unpaired) electrons. The van der Waals surface area contributed by atoms with E-state index in [1.807, 2.05) is 0 Å². The van der Waals surface area contributed by atoms with Crippen LogP contribution < -0.4 is 83.9 Å². The molecule has 0 amide bonds. The summed E-state index contributed by atoms with van der Waals surface area (Å²) in [5.41, 5.74) is 0. The minimum atomic E-state index is 0. The zero-order chi connectivity index (χ0) is 0. The SMILES string of the molecule is Cl.Cl.O.O.O.[Cl-].[Cl-].[Na+].[Na+]. The summed E-state index contributed by atoms with van der Waals surface area (Å²) in [4.78, 5) is 0. The molecule has 0 aromatic rings. The zero-order valence-corrected chi connectivity index (χ0v) is 12.2. The van der Waals surface area contributed by atoms with Crippen LogP contribution in [0.1, 0.15) is 0 Å². The third-order valence-electron chi connectivity index (χ3n) is 0. The molecule has 0 bridgehead atoms. The van der Waals surface area contributed by atoms with Crippen molar-refractivity contribution in [1.29, 1.82) is 0 Å². The third kappa shape index (κ3) is 97.6. The van der Waals surface area contributed by atoms with Crippen LogP contribution in [0.15, 0.2) is 0 Å². The Balaban J connectivity index is 0. The molecule has 0 rings (SSSR count). The molecule has 9 heavy (non-hydrogen) atoms. The normalized spacial score (nSPS) is 0. The summed E-state index contributed by atoms with van der Waals surface area (Å²) in [5, 5.41) is 0. The van der Waals surface area contributed by atoms with Gasteiger partial charge in [-0.3, -0.25) is 0 Å². The summed E-state index contributed by atoms with van der Waals surface area (Å²) < 4.78 is 0. The predicted octanol–water partition coefficient (Wildman–Crippen LogP) is -13.6. The van der Waals surface area contributed by atoms with Gasteiger partial charge in [-0.2, -0.15) is 0 Å². The first kappa shape index (κ1) is 159. The summed E-state index contributed by atoms with van der Waals surface area (Å²) >= 11 is 0. The van der Waals surface area contributed by atoms with Crippen LogP contribution in [-0.2, 0) is 0 Å². The van der Waals surface area contributed by atoms with Crippen LogP contribution in [0, 0.1) is 0 Å². The second kappa shape index (κ2) is 120. The Morgan fingerprint density at radius 3 is 0.444 bits per heavy atom. The second-order valence-electron chi connectivity index (χ2n) is 0. The number of hydrogen-bond donors (Lipinski definition) is 0. The van der Waals surface area contributed by atoms with Gasteiger partial charge in [-0.05, 0) is 0 Å². The summed E-state index contributed by atoms with van der Waals surface area (Å²) in [6.45, 7) is 0. The van der Waals surface area contributed by atoms with E-state index in [9.17, 15) is 0 Å². The molecule has 9 heteroatoms. The molecule has 0 aromatic heterocycles. The van der Waals surface area contributed by atoms with Crippen molar-refractivity contribution in [2.45, 2.75) is 0 Å². The van der Waals surface area contributed by atoms with Gasteiger partial charge in [-0.25, -0.2) is 0 Å². The van der Waals surface area contributed by atoms with E-state index >= 15 is 0 Å². The summed E-state index contributed by atoms with van der Waals surface area (Å²) in [7, 11) is 0. The van der Waals surface area contributed by atoms with Crippen molar-refractivity contribution in [2.75, 3.05) is 0 Å². The molecular weight excluding hydrogens is 236 g/mol. The Kier molecular flexibility index (Phi) is 2120. The maximum Gasteiger partial charge on any atom is 1.00 e. The van der Waals surface area contributed by atoms with Gasteiger partial charge in [0.15, 0.2) is 0 Å². The number of halogens is 4. The van der Waals surface area contributed by atoms with Gasteiger partial charge in [0.25, 0.3) is 0 Å². The molecule has 0 aliphatic rings. The molecule has 0 fully saturated rings. The second-order valence-corrected chi connectivity index (χ2v) is 0. The van der Waals surface area contributed by atoms with Crippen molar-refractivity contribution in [3.8, 4) is 0 Å². The fourth-order valence-electron chi connectivity index (χ4n) is 0. The molecule has 0 unspecified atom stereocenters. The number of hydrogen-bond acceptors (Lipinski definition) is 0. The fourth-order valence-corrected chi connectivity index (χ4v) is 0. The van der Waals surface area contributed by atoms with Gasteiger partial charge in [0.2, 0.25) is 0 Å². The van der Waals surface area contributed by atoms with E-state index in [1.54, 1.807) is 0 Å². The van der Waals surface area contributed by atoms with Crippen molar-refractivity contribution in [2.24, 2.45) is 0 Å². The van der Waals surface area contributed by atoms with E-state index in [4.69, 9.17) is 0 Å². The molecular formula is H8Cl4Na2O3. The van der Waals surface area contributed by atoms with Crippen LogP contribution in [0.5, 0.6) is 0 Å². The van der Waals surface area contributed by atoms with Gasteiger partial charge in [-0.15, -0.1) is 24.8 Å². The van der Waals surface area contributed by atoms with Gasteiger partial charge in [0, 0.05) is 0 Å². The van der Waals surface area contributed by atoms with Gasteiger partial charge in [0.05, 0.1) is 0 Å². The number of rotatable bonds is 0. The van der Waals surface area contributed by atoms with E-state index in [-0.39, 0.29) is 125 Å². The third-order valence-corrected chi connectivity index (χ3v) is 0. The van der Waals surface area contributed by atoms with Gasteiger partial charge in [-0.1, -0.05) is 0 Å². The first-order valence-electron chi connectivity index (χ1n) is 0. The van der Waals surface area contributed by atoms with Crippen LogP contribution in [0.25, 0.3) is 0 Å². The molecule has 0 saturated heterocycles. The quantitative estimate of drug-likeness (QED) is 0.378. The smallest absolute Gasteiger partial charge is 1.00 e. The van der Waals surface area contributed by atoms with E-state index < -0.39 is 0 Å². The fraction of sp³-hybridized carbons (Fsp3) is 0. The predicted molar refractivity (Wildman–Crippen MR) is 25.3 cm³/mol. The van der Waals surface area contributed by atoms with Crippen molar-refractivity contribution in [1.82, 2.24) is 0 Å². The molecule has 0 aliphatic heterocycles. The molecule has 0 spiro atoms. The van der Waals surface area contributed by atoms with Crippen molar-refractivity contribution in [3.63, 3.8) is 0 Å². The van der Waals surface area contributed by atoms with Crippen LogP contribution in [0.3, 0.4) is 0 Å². The molecule has 0 aromatic carbocycles. The molecule has 3 nitrogen and oxygen atoms in total.